The molecule has 0 spiro atoms. The summed E-state index contributed by atoms with van der Waals surface area (Å²) in [5.74, 6) is 1.52. The molecule has 1 saturated heterocycles. The molecule has 2 aromatic rings. The van der Waals surface area contributed by atoms with Crippen molar-refractivity contribution in [1.82, 2.24) is 4.98 Å². The predicted octanol–water partition coefficient (Wildman–Crippen LogP) is 1.74. The van der Waals surface area contributed by atoms with Crippen LogP contribution in [0.3, 0.4) is 0 Å². The van der Waals surface area contributed by atoms with Gasteiger partial charge in [-0.15, -0.1) is 0 Å². The molecule has 0 amide bonds. The molecule has 1 fully saturated rings. The molecule has 1 aliphatic rings. The molecule has 21 heavy (non-hydrogen) atoms. The number of nitrogens with zero attached hydrogens (tertiary/aromatic N) is 2. The monoisotopic (exact) mass is 323 g/mol. The molecule has 1 aromatic carbocycles. The van der Waals surface area contributed by atoms with Gasteiger partial charge in [0, 0.05) is 47.3 Å². The van der Waals surface area contributed by atoms with Crippen LogP contribution in [0.4, 0.5) is 11.4 Å². The number of fused-ring (bicyclic) bond motifs is 1. The maximum Gasteiger partial charge on any atom is 0.169 e. The molecule has 7 heteroatoms. The Bertz CT molecular complexity index is 777. The lowest BCUT2D eigenvalue weighted by Crippen LogP contribution is -2.47. The normalized spacial score (nSPS) is 19.9. The molecule has 0 aliphatic carbocycles. The minimum atomic E-state index is -3.14. The van der Waals surface area contributed by atoms with Crippen LogP contribution in [-0.2, 0) is 9.84 Å². The summed E-state index contributed by atoms with van der Waals surface area (Å²) in [6, 6.07) is 7.43. The first-order chi connectivity index (χ1) is 9.97. The van der Waals surface area contributed by atoms with Gasteiger partial charge in [-0.25, -0.2) is 8.42 Å². The van der Waals surface area contributed by atoms with Crippen LogP contribution in [0.1, 0.15) is 0 Å². The lowest BCUT2D eigenvalue weighted by atomic mass is 10.1. The second-order valence-corrected chi connectivity index (χ2v) is 8.51. The Morgan fingerprint density at radius 1 is 1.38 bits per heavy atom. The summed E-state index contributed by atoms with van der Waals surface area (Å²) in [6.45, 7) is 0.714. The third-order valence-corrected chi connectivity index (χ3v) is 6.28. The van der Waals surface area contributed by atoms with Crippen molar-refractivity contribution in [3.05, 3.63) is 30.5 Å². The Morgan fingerprint density at radius 3 is 2.95 bits per heavy atom. The van der Waals surface area contributed by atoms with E-state index in [1.807, 2.05) is 29.2 Å². The Balaban J connectivity index is 2.14. The minimum absolute atomic E-state index is 0.487. The van der Waals surface area contributed by atoms with Gasteiger partial charge in [0.1, 0.15) is 5.37 Å². The summed E-state index contributed by atoms with van der Waals surface area (Å²) >= 11 is 1.68. The van der Waals surface area contributed by atoms with E-state index in [1.54, 1.807) is 18.0 Å². The first-order valence-electron chi connectivity index (χ1n) is 6.64. The summed E-state index contributed by atoms with van der Waals surface area (Å²) in [6.07, 6.45) is 3.01. The van der Waals surface area contributed by atoms with E-state index in [0.717, 1.165) is 22.3 Å². The van der Waals surface area contributed by atoms with E-state index in [2.05, 4.69) is 4.98 Å². The molecule has 0 radical (unpaired) electrons. The average Bonchev–Trinajstić information content (AvgIpc) is 2.45. The largest absolute Gasteiger partial charge is 0.399 e. The highest BCUT2D eigenvalue weighted by Crippen LogP contribution is 2.32. The van der Waals surface area contributed by atoms with Crippen LogP contribution in [0.2, 0.25) is 0 Å². The lowest BCUT2D eigenvalue weighted by molar-refractivity contribution is 0.585. The van der Waals surface area contributed by atoms with Gasteiger partial charge in [-0.3, -0.25) is 4.98 Å². The van der Waals surface area contributed by atoms with E-state index in [1.165, 1.54) is 6.26 Å². The molecule has 1 atom stereocenters. The number of hydrogen-bond acceptors (Lipinski definition) is 6. The molecule has 112 valence electrons. The van der Waals surface area contributed by atoms with Crippen LogP contribution in [-0.4, -0.2) is 43.1 Å². The van der Waals surface area contributed by atoms with Crippen molar-refractivity contribution in [2.45, 2.75) is 5.37 Å². The van der Waals surface area contributed by atoms with Crippen molar-refractivity contribution >= 4 is 43.9 Å². The number of benzene rings is 1. The lowest BCUT2D eigenvalue weighted by Gasteiger charge is -2.36. The van der Waals surface area contributed by atoms with Crippen LogP contribution in [0, 0.1) is 0 Å². The third kappa shape index (κ3) is 2.80. The van der Waals surface area contributed by atoms with Gasteiger partial charge >= 0.3 is 0 Å². The topological polar surface area (TPSA) is 76.3 Å². The number of rotatable bonds is 2. The highest BCUT2D eigenvalue weighted by molar-refractivity contribution is 8.01. The molecule has 2 heterocycles. The molecule has 3 rings (SSSR count). The van der Waals surface area contributed by atoms with Crippen LogP contribution in [0.15, 0.2) is 30.5 Å². The SMILES string of the molecule is CS(=O)(=O)C1CSCCN1c1ccnc2cc(N)ccc12. The third-order valence-electron chi connectivity index (χ3n) is 3.63. The summed E-state index contributed by atoms with van der Waals surface area (Å²) < 4.78 is 24.1. The van der Waals surface area contributed by atoms with Gasteiger partial charge in [-0.1, -0.05) is 0 Å². The zero-order chi connectivity index (χ0) is 15.0. The summed E-state index contributed by atoms with van der Waals surface area (Å²) in [5, 5.41) is 0.451. The fourth-order valence-electron chi connectivity index (χ4n) is 2.61. The van der Waals surface area contributed by atoms with E-state index >= 15 is 0 Å². The molecule has 0 bridgehead atoms. The Kier molecular flexibility index (Phi) is 3.71. The van der Waals surface area contributed by atoms with Gasteiger partial charge in [-0.2, -0.15) is 11.8 Å². The van der Waals surface area contributed by atoms with E-state index < -0.39 is 15.2 Å². The average molecular weight is 323 g/mol. The molecule has 0 saturated carbocycles. The van der Waals surface area contributed by atoms with Gasteiger partial charge in [0.2, 0.25) is 0 Å². The molecule has 5 nitrogen and oxygen atoms in total. The number of anilines is 2. The van der Waals surface area contributed by atoms with E-state index in [4.69, 9.17) is 5.73 Å². The fraction of sp³-hybridized carbons (Fsp3) is 0.357. The zero-order valence-corrected chi connectivity index (χ0v) is 13.3. The van der Waals surface area contributed by atoms with E-state index in [9.17, 15) is 8.42 Å². The molecule has 1 aliphatic heterocycles. The second-order valence-electron chi connectivity index (χ2n) is 5.16. The Hall–Kier alpha value is -1.47. The first-order valence-corrected chi connectivity index (χ1v) is 9.75. The van der Waals surface area contributed by atoms with Crippen LogP contribution < -0.4 is 10.6 Å². The van der Waals surface area contributed by atoms with E-state index in [0.29, 0.717) is 18.0 Å². The highest BCUT2D eigenvalue weighted by atomic mass is 32.2. The van der Waals surface area contributed by atoms with Crippen LogP contribution >= 0.6 is 11.8 Å². The molecular weight excluding hydrogens is 306 g/mol. The summed E-state index contributed by atoms with van der Waals surface area (Å²) in [5.41, 5.74) is 8.15. The molecular formula is C14H17N3O2S2. The number of thioether (sulfide) groups is 1. The summed E-state index contributed by atoms with van der Waals surface area (Å²) in [7, 11) is -3.14. The van der Waals surface area contributed by atoms with Gasteiger partial charge in [0.25, 0.3) is 0 Å². The number of aromatic nitrogens is 1. The molecule has 1 aromatic heterocycles. The maximum atomic E-state index is 12.1. The van der Waals surface area contributed by atoms with Crippen LogP contribution in [0.25, 0.3) is 10.9 Å². The van der Waals surface area contributed by atoms with Crippen molar-refractivity contribution in [2.75, 3.05) is 34.9 Å². The smallest absolute Gasteiger partial charge is 0.169 e. The predicted molar refractivity (Wildman–Crippen MR) is 89.5 cm³/mol. The number of hydrogen-bond donors (Lipinski definition) is 1. The first kappa shape index (κ1) is 14.5. The minimum Gasteiger partial charge on any atom is -0.399 e. The number of pyridine rings is 1. The standard InChI is InChI=1S/C14H17N3O2S2/c1-21(18,19)14-9-20-7-6-17(14)13-4-5-16-12-8-10(15)2-3-11(12)13/h2-5,8,14H,6-7,9,15H2,1H3. The maximum absolute atomic E-state index is 12.1. The molecule has 2 N–H and O–H groups in total. The summed E-state index contributed by atoms with van der Waals surface area (Å²) in [4.78, 5) is 6.30. The van der Waals surface area contributed by atoms with Crippen molar-refractivity contribution in [2.24, 2.45) is 0 Å². The highest BCUT2D eigenvalue weighted by Gasteiger charge is 2.31. The quantitative estimate of drug-likeness (QED) is 0.849. The van der Waals surface area contributed by atoms with Gasteiger partial charge in [0.15, 0.2) is 9.84 Å². The van der Waals surface area contributed by atoms with Gasteiger partial charge < -0.3 is 10.6 Å². The number of nitrogen functional groups attached to an aromatic ring is 1. The number of sulfone groups is 1. The zero-order valence-electron chi connectivity index (χ0n) is 11.7. The fourth-order valence-corrected chi connectivity index (χ4v) is 5.44. The second kappa shape index (κ2) is 5.38. The Labute approximate surface area is 128 Å². The van der Waals surface area contributed by atoms with E-state index in [-0.39, 0.29) is 0 Å². The van der Waals surface area contributed by atoms with Crippen LogP contribution in [0.5, 0.6) is 0 Å². The van der Waals surface area contributed by atoms with Crippen molar-refractivity contribution < 1.29 is 8.42 Å². The molecule has 1 unspecified atom stereocenters. The number of nitrogens with two attached hydrogens (primary N) is 1. The van der Waals surface area contributed by atoms with Crippen molar-refractivity contribution in [3.8, 4) is 0 Å². The van der Waals surface area contributed by atoms with Crippen molar-refractivity contribution in [1.29, 1.82) is 0 Å². The van der Waals surface area contributed by atoms with Gasteiger partial charge in [0.05, 0.1) is 5.52 Å². The van der Waals surface area contributed by atoms with Crippen molar-refractivity contribution in [3.63, 3.8) is 0 Å². The Morgan fingerprint density at radius 2 is 2.19 bits per heavy atom. The van der Waals surface area contributed by atoms with Gasteiger partial charge in [-0.05, 0) is 24.3 Å².